The highest BCUT2D eigenvalue weighted by Crippen LogP contribution is 2.23. The van der Waals surface area contributed by atoms with Gasteiger partial charge in [-0.2, -0.15) is 13.2 Å². The fourth-order valence-corrected chi connectivity index (χ4v) is 1.78. The molecule has 0 saturated heterocycles. The third-order valence-corrected chi connectivity index (χ3v) is 2.83. The standard InChI is InChI=1S/C14H8ClF3N2O2/c15-10-7-6-9(19-13(22)14(16,17)18)11(20-10)12(21)8-4-2-1-3-5-8/h1-7H,(H,19,22). The highest BCUT2D eigenvalue weighted by Gasteiger charge is 2.39. The van der Waals surface area contributed by atoms with Crippen LogP contribution in [0.3, 0.4) is 0 Å². The predicted molar refractivity (Wildman–Crippen MR) is 73.8 cm³/mol. The number of pyridine rings is 1. The minimum absolute atomic E-state index is 0.0794. The van der Waals surface area contributed by atoms with E-state index in [-0.39, 0.29) is 22.1 Å². The van der Waals surface area contributed by atoms with E-state index in [9.17, 15) is 22.8 Å². The van der Waals surface area contributed by atoms with Crippen LogP contribution < -0.4 is 5.32 Å². The van der Waals surface area contributed by atoms with Gasteiger partial charge in [-0.1, -0.05) is 41.9 Å². The fraction of sp³-hybridized carbons (Fsp3) is 0.0714. The molecule has 0 aliphatic heterocycles. The van der Waals surface area contributed by atoms with E-state index < -0.39 is 17.9 Å². The smallest absolute Gasteiger partial charge is 0.316 e. The Balaban J connectivity index is 2.41. The monoisotopic (exact) mass is 328 g/mol. The quantitative estimate of drug-likeness (QED) is 0.693. The van der Waals surface area contributed by atoms with Crippen molar-refractivity contribution in [1.29, 1.82) is 0 Å². The van der Waals surface area contributed by atoms with Gasteiger partial charge >= 0.3 is 12.1 Å². The molecule has 0 aliphatic carbocycles. The minimum atomic E-state index is -5.08. The summed E-state index contributed by atoms with van der Waals surface area (Å²) in [7, 11) is 0. The van der Waals surface area contributed by atoms with Crippen LogP contribution in [0, 0.1) is 0 Å². The molecular weight excluding hydrogens is 321 g/mol. The van der Waals surface area contributed by atoms with Crippen LogP contribution in [0.4, 0.5) is 18.9 Å². The van der Waals surface area contributed by atoms with E-state index in [1.165, 1.54) is 18.2 Å². The Kier molecular flexibility index (Phi) is 4.46. The van der Waals surface area contributed by atoms with Crippen LogP contribution in [0.2, 0.25) is 5.15 Å². The highest BCUT2D eigenvalue weighted by molar-refractivity contribution is 6.30. The molecule has 8 heteroatoms. The zero-order chi connectivity index (χ0) is 16.3. The third kappa shape index (κ3) is 3.62. The van der Waals surface area contributed by atoms with Crippen molar-refractivity contribution in [3.8, 4) is 0 Å². The van der Waals surface area contributed by atoms with Crippen molar-refractivity contribution in [2.24, 2.45) is 0 Å². The Bertz CT molecular complexity index is 718. The summed E-state index contributed by atoms with van der Waals surface area (Å²) in [5.41, 5.74) is -0.517. The molecule has 1 aromatic carbocycles. The first kappa shape index (κ1) is 16.0. The number of carbonyl (C=O) groups is 2. The normalized spacial score (nSPS) is 11.1. The molecule has 0 atom stereocenters. The second kappa shape index (κ2) is 6.15. The predicted octanol–water partition coefficient (Wildman–Crippen LogP) is 3.47. The van der Waals surface area contributed by atoms with E-state index in [4.69, 9.17) is 11.6 Å². The maximum Gasteiger partial charge on any atom is 0.471 e. The molecule has 0 bridgehead atoms. The van der Waals surface area contributed by atoms with Gasteiger partial charge in [0.1, 0.15) is 10.8 Å². The summed E-state index contributed by atoms with van der Waals surface area (Å²) >= 11 is 5.68. The molecular formula is C14H8ClF3N2O2. The SMILES string of the molecule is O=C(c1ccccc1)c1nc(Cl)ccc1NC(=O)C(F)(F)F. The topological polar surface area (TPSA) is 59.1 Å². The lowest BCUT2D eigenvalue weighted by Gasteiger charge is -2.11. The Morgan fingerprint density at radius 3 is 2.27 bits per heavy atom. The van der Waals surface area contributed by atoms with Crippen molar-refractivity contribution >= 4 is 29.0 Å². The van der Waals surface area contributed by atoms with Crippen LogP contribution in [-0.2, 0) is 4.79 Å². The lowest BCUT2D eigenvalue weighted by molar-refractivity contribution is -0.167. The van der Waals surface area contributed by atoms with Crippen LogP contribution in [0.1, 0.15) is 16.1 Å². The van der Waals surface area contributed by atoms with Crippen LogP contribution in [0.5, 0.6) is 0 Å². The number of ketones is 1. The number of alkyl halides is 3. The van der Waals surface area contributed by atoms with Gasteiger partial charge in [-0.25, -0.2) is 4.98 Å². The molecule has 114 valence electrons. The molecule has 0 radical (unpaired) electrons. The van der Waals surface area contributed by atoms with E-state index >= 15 is 0 Å². The van der Waals surface area contributed by atoms with E-state index in [0.29, 0.717) is 0 Å². The van der Waals surface area contributed by atoms with Crippen LogP contribution in [0.15, 0.2) is 42.5 Å². The van der Waals surface area contributed by atoms with Crippen LogP contribution in [-0.4, -0.2) is 22.9 Å². The second-order valence-electron chi connectivity index (χ2n) is 4.18. The first-order valence-electron chi connectivity index (χ1n) is 5.93. The molecule has 0 fully saturated rings. The molecule has 0 unspecified atom stereocenters. The molecule has 1 heterocycles. The number of amides is 1. The molecule has 2 rings (SSSR count). The molecule has 0 spiro atoms. The summed E-state index contributed by atoms with van der Waals surface area (Å²) < 4.78 is 37.0. The summed E-state index contributed by atoms with van der Waals surface area (Å²) in [4.78, 5) is 27.0. The molecule has 1 amide bonds. The number of hydrogen-bond acceptors (Lipinski definition) is 3. The van der Waals surface area contributed by atoms with Crippen molar-refractivity contribution < 1.29 is 22.8 Å². The van der Waals surface area contributed by atoms with Crippen LogP contribution >= 0.6 is 11.6 Å². The Morgan fingerprint density at radius 2 is 1.68 bits per heavy atom. The lowest BCUT2D eigenvalue weighted by atomic mass is 10.1. The van der Waals surface area contributed by atoms with Gasteiger partial charge in [0, 0.05) is 5.56 Å². The van der Waals surface area contributed by atoms with Gasteiger partial charge in [0.05, 0.1) is 5.69 Å². The molecule has 4 nitrogen and oxygen atoms in total. The van der Waals surface area contributed by atoms with Gasteiger partial charge in [0.2, 0.25) is 5.78 Å². The summed E-state index contributed by atoms with van der Waals surface area (Å²) in [5.74, 6) is -2.85. The maximum absolute atomic E-state index is 12.3. The lowest BCUT2D eigenvalue weighted by Crippen LogP contribution is -2.30. The van der Waals surface area contributed by atoms with Crippen molar-refractivity contribution in [3.63, 3.8) is 0 Å². The Labute approximate surface area is 127 Å². The molecule has 0 aliphatic rings. The highest BCUT2D eigenvalue weighted by atomic mass is 35.5. The van der Waals surface area contributed by atoms with E-state index in [0.717, 1.165) is 6.07 Å². The van der Waals surface area contributed by atoms with Gasteiger partial charge in [0.15, 0.2) is 0 Å². The largest absolute Gasteiger partial charge is 0.471 e. The number of carbonyl (C=O) groups excluding carboxylic acids is 2. The zero-order valence-corrected chi connectivity index (χ0v) is 11.6. The summed E-state index contributed by atoms with van der Waals surface area (Å²) in [5, 5.41) is 1.54. The minimum Gasteiger partial charge on any atom is -0.316 e. The average Bonchev–Trinajstić information content (AvgIpc) is 2.48. The zero-order valence-electron chi connectivity index (χ0n) is 10.8. The van der Waals surface area contributed by atoms with E-state index in [2.05, 4.69) is 4.98 Å². The number of benzene rings is 1. The van der Waals surface area contributed by atoms with Crippen molar-refractivity contribution in [1.82, 2.24) is 4.98 Å². The summed E-state index contributed by atoms with van der Waals surface area (Å²) in [6.45, 7) is 0. The van der Waals surface area contributed by atoms with Gasteiger partial charge in [-0.05, 0) is 12.1 Å². The first-order valence-corrected chi connectivity index (χ1v) is 6.31. The fourth-order valence-electron chi connectivity index (χ4n) is 1.63. The Morgan fingerprint density at radius 1 is 1.05 bits per heavy atom. The second-order valence-corrected chi connectivity index (χ2v) is 4.56. The number of nitrogens with one attached hydrogen (secondary N) is 1. The van der Waals surface area contributed by atoms with Gasteiger partial charge in [-0.15, -0.1) is 0 Å². The molecule has 1 aromatic heterocycles. The number of halogens is 4. The van der Waals surface area contributed by atoms with Crippen molar-refractivity contribution in [2.45, 2.75) is 6.18 Å². The first-order chi connectivity index (χ1) is 10.3. The van der Waals surface area contributed by atoms with Gasteiger partial charge < -0.3 is 5.32 Å². The van der Waals surface area contributed by atoms with E-state index in [1.807, 2.05) is 0 Å². The van der Waals surface area contributed by atoms with Gasteiger partial charge in [-0.3, -0.25) is 9.59 Å². The molecule has 1 N–H and O–H groups in total. The number of anilines is 1. The third-order valence-electron chi connectivity index (χ3n) is 2.62. The number of nitrogens with zero attached hydrogens (tertiary/aromatic N) is 1. The van der Waals surface area contributed by atoms with Crippen molar-refractivity contribution in [2.75, 3.05) is 5.32 Å². The van der Waals surface area contributed by atoms with E-state index in [1.54, 1.807) is 23.5 Å². The molecule has 22 heavy (non-hydrogen) atoms. The van der Waals surface area contributed by atoms with Crippen LogP contribution in [0.25, 0.3) is 0 Å². The molecule has 2 aromatic rings. The number of rotatable bonds is 3. The average molecular weight is 329 g/mol. The Hall–Kier alpha value is -2.41. The summed E-state index contributed by atoms with van der Waals surface area (Å²) in [6.07, 6.45) is -5.08. The number of hydrogen-bond donors (Lipinski definition) is 1. The maximum atomic E-state index is 12.3. The number of aromatic nitrogens is 1. The van der Waals surface area contributed by atoms with Crippen molar-refractivity contribution in [3.05, 3.63) is 58.9 Å². The summed E-state index contributed by atoms with van der Waals surface area (Å²) in [6, 6.07) is 10.1. The van der Waals surface area contributed by atoms with Gasteiger partial charge in [0.25, 0.3) is 0 Å². The molecule has 0 saturated carbocycles.